The number of hydrogen-bond acceptors (Lipinski definition) is 7. The summed E-state index contributed by atoms with van der Waals surface area (Å²) in [7, 11) is 0. The molecule has 0 radical (unpaired) electrons. The number of carbonyl (C=O) groups is 1. The van der Waals surface area contributed by atoms with Crippen LogP contribution in [0.1, 0.15) is 5.56 Å². The van der Waals surface area contributed by atoms with Crippen LogP contribution in [0, 0.1) is 12.7 Å². The summed E-state index contributed by atoms with van der Waals surface area (Å²) in [6.45, 7) is 2.82. The number of fused-ring (bicyclic) bond motifs is 2. The van der Waals surface area contributed by atoms with E-state index in [9.17, 15) is 18.7 Å². The van der Waals surface area contributed by atoms with Gasteiger partial charge in [0.25, 0.3) is 6.43 Å². The number of alkyl halides is 2. The molecule has 2 aliphatic rings. The van der Waals surface area contributed by atoms with Gasteiger partial charge in [0, 0.05) is 48.5 Å². The predicted octanol–water partition coefficient (Wildman–Crippen LogP) is 3.56. The number of rotatable bonds is 5. The van der Waals surface area contributed by atoms with Gasteiger partial charge < -0.3 is 20.9 Å². The molecule has 1 aromatic carbocycles. The number of halogens is 3. The molecule has 0 saturated carbocycles. The molecule has 0 aliphatic carbocycles. The summed E-state index contributed by atoms with van der Waals surface area (Å²) in [5.41, 5.74) is 8.13. The van der Waals surface area contributed by atoms with Crippen LogP contribution < -0.4 is 20.7 Å². The van der Waals surface area contributed by atoms with Crippen LogP contribution in [-0.4, -0.2) is 71.3 Å². The zero-order valence-corrected chi connectivity index (χ0v) is 18.8. The van der Waals surface area contributed by atoms with Gasteiger partial charge in [0.2, 0.25) is 5.88 Å². The molecule has 1 saturated heterocycles. The number of aromatic nitrogens is 2. The monoisotopic (exact) mass is 488 g/mol. The molecule has 35 heavy (non-hydrogen) atoms. The van der Waals surface area contributed by atoms with Crippen LogP contribution in [0.15, 0.2) is 24.5 Å². The maximum absolute atomic E-state index is 15.4. The lowest BCUT2D eigenvalue weighted by Gasteiger charge is -2.43. The molecule has 3 aromatic rings. The zero-order chi connectivity index (χ0) is 24.9. The summed E-state index contributed by atoms with van der Waals surface area (Å²) in [5, 5.41) is 13.8. The Morgan fingerprint density at radius 2 is 2.09 bits per heavy atom. The molecule has 0 unspecified atom stereocenters. The number of ether oxygens (including phenoxy) is 1. The van der Waals surface area contributed by atoms with E-state index in [1.54, 1.807) is 6.07 Å². The fraction of sp³-hybridized carbons (Fsp3) is 0.348. The Labute approximate surface area is 198 Å². The number of anilines is 3. The first-order valence-corrected chi connectivity index (χ1v) is 11.0. The Hall–Kier alpha value is -3.80. The van der Waals surface area contributed by atoms with Crippen LogP contribution in [0.3, 0.4) is 0 Å². The van der Waals surface area contributed by atoms with E-state index in [2.05, 4.69) is 15.3 Å². The van der Waals surface area contributed by atoms with Gasteiger partial charge in [0.05, 0.1) is 18.3 Å². The van der Waals surface area contributed by atoms with Gasteiger partial charge in [0.15, 0.2) is 5.82 Å². The van der Waals surface area contributed by atoms with Crippen molar-refractivity contribution >= 4 is 34.1 Å². The van der Waals surface area contributed by atoms with Crippen molar-refractivity contribution in [2.75, 3.05) is 48.7 Å². The second-order valence-corrected chi connectivity index (χ2v) is 8.58. The average molecular weight is 488 g/mol. The van der Waals surface area contributed by atoms with Crippen LogP contribution in [0.4, 0.5) is 35.2 Å². The van der Waals surface area contributed by atoms with E-state index in [-0.39, 0.29) is 30.2 Å². The van der Waals surface area contributed by atoms with Crippen molar-refractivity contribution in [2.45, 2.75) is 19.4 Å². The van der Waals surface area contributed by atoms with Gasteiger partial charge in [-0.25, -0.2) is 27.9 Å². The van der Waals surface area contributed by atoms with Crippen molar-refractivity contribution in [3.63, 3.8) is 0 Å². The molecular weight excluding hydrogens is 465 g/mol. The van der Waals surface area contributed by atoms with E-state index in [1.165, 1.54) is 23.4 Å². The van der Waals surface area contributed by atoms with E-state index in [0.29, 0.717) is 41.1 Å². The quantitative estimate of drug-likeness (QED) is 0.467. The van der Waals surface area contributed by atoms with Crippen LogP contribution in [0.2, 0.25) is 0 Å². The second kappa shape index (κ2) is 8.77. The maximum atomic E-state index is 15.4. The normalized spacial score (nSPS) is 15.9. The Morgan fingerprint density at radius 1 is 1.31 bits per heavy atom. The molecule has 9 nitrogen and oxygen atoms in total. The van der Waals surface area contributed by atoms with Crippen molar-refractivity contribution in [3.05, 3.63) is 35.9 Å². The zero-order valence-electron chi connectivity index (χ0n) is 18.8. The third kappa shape index (κ3) is 4.03. The molecule has 5 rings (SSSR count). The van der Waals surface area contributed by atoms with Gasteiger partial charge in [-0.1, -0.05) is 0 Å². The molecule has 0 atom stereocenters. The Balaban J connectivity index is 1.54. The first-order valence-electron chi connectivity index (χ1n) is 11.0. The minimum Gasteiger partial charge on any atom is -0.474 e. The molecule has 4 heterocycles. The SMILES string of the molecule is Cc1c(-c2cc3cc(N(C(=O)O)C4CN(CC(F)F)C4)ncc3c(N)c2F)cnc2c1NCCO2. The van der Waals surface area contributed by atoms with Gasteiger partial charge in [-0.05, 0) is 30.0 Å². The Kier molecular flexibility index (Phi) is 5.75. The minimum atomic E-state index is -2.49. The third-order valence-corrected chi connectivity index (χ3v) is 6.37. The summed E-state index contributed by atoms with van der Waals surface area (Å²) in [4.78, 5) is 23.0. The number of nitrogens with two attached hydrogens (primary N) is 1. The highest BCUT2D eigenvalue weighted by atomic mass is 19.3. The summed E-state index contributed by atoms with van der Waals surface area (Å²) < 4.78 is 46.1. The molecular formula is C23H23F3N6O3. The van der Waals surface area contributed by atoms with Crippen molar-refractivity contribution in [3.8, 4) is 17.0 Å². The first-order chi connectivity index (χ1) is 16.7. The molecule has 1 fully saturated rings. The predicted molar refractivity (Wildman–Crippen MR) is 125 cm³/mol. The van der Waals surface area contributed by atoms with Crippen molar-refractivity contribution in [1.29, 1.82) is 0 Å². The molecule has 0 spiro atoms. The molecule has 1 amide bonds. The number of carboxylic acid groups (broad SMARTS) is 1. The Morgan fingerprint density at radius 3 is 2.80 bits per heavy atom. The lowest BCUT2D eigenvalue weighted by molar-refractivity contribution is 0.0461. The standard InChI is InChI=1S/C23H23F3N6O3/c1-11-15(6-30-22-21(11)28-2-3-35-22)14-4-12-5-18(29-7-16(12)20(27)19(14)26)32(23(33)34)13-8-31(9-13)10-17(24)25/h4-7,13,17,28H,2-3,8-10,27H2,1H3,(H,33,34). The van der Waals surface area contributed by atoms with Crippen LogP contribution in [0.25, 0.3) is 21.9 Å². The van der Waals surface area contributed by atoms with Crippen molar-refractivity contribution in [1.82, 2.24) is 14.9 Å². The molecule has 0 bridgehead atoms. The maximum Gasteiger partial charge on any atom is 0.413 e. The topological polar surface area (TPSA) is 117 Å². The minimum absolute atomic E-state index is 0.110. The smallest absolute Gasteiger partial charge is 0.413 e. The van der Waals surface area contributed by atoms with Crippen LogP contribution in [0.5, 0.6) is 5.88 Å². The number of amides is 1. The summed E-state index contributed by atoms with van der Waals surface area (Å²) in [5.74, 6) is -0.0824. The number of nitrogen functional groups attached to an aromatic ring is 1. The van der Waals surface area contributed by atoms with Crippen molar-refractivity contribution in [2.24, 2.45) is 0 Å². The third-order valence-electron chi connectivity index (χ3n) is 6.37. The fourth-order valence-corrected chi connectivity index (χ4v) is 4.60. The van der Waals surface area contributed by atoms with Crippen molar-refractivity contribution < 1.29 is 27.8 Å². The average Bonchev–Trinajstić information content (AvgIpc) is 2.80. The van der Waals surface area contributed by atoms with Crippen LogP contribution in [-0.2, 0) is 0 Å². The molecule has 4 N–H and O–H groups in total. The number of pyridine rings is 2. The number of hydrogen-bond donors (Lipinski definition) is 3. The summed E-state index contributed by atoms with van der Waals surface area (Å²) in [6.07, 6.45) is -0.906. The van der Waals surface area contributed by atoms with Crippen LogP contribution >= 0.6 is 0 Å². The van der Waals surface area contributed by atoms with E-state index in [0.717, 1.165) is 10.5 Å². The van der Waals surface area contributed by atoms with Gasteiger partial charge in [0.1, 0.15) is 18.1 Å². The van der Waals surface area contributed by atoms with E-state index in [4.69, 9.17) is 10.5 Å². The molecule has 12 heteroatoms. The lowest BCUT2D eigenvalue weighted by atomic mass is 9.97. The van der Waals surface area contributed by atoms with Gasteiger partial charge in [-0.2, -0.15) is 0 Å². The summed E-state index contributed by atoms with van der Waals surface area (Å²) >= 11 is 0. The largest absolute Gasteiger partial charge is 0.474 e. The van der Waals surface area contributed by atoms with E-state index in [1.807, 2.05) is 6.92 Å². The highest BCUT2D eigenvalue weighted by Crippen LogP contribution is 2.40. The molecule has 2 aliphatic heterocycles. The second-order valence-electron chi connectivity index (χ2n) is 8.58. The number of nitrogens with zero attached hydrogens (tertiary/aromatic N) is 4. The fourth-order valence-electron chi connectivity index (χ4n) is 4.60. The van der Waals surface area contributed by atoms with E-state index >= 15 is 4.39 Å². The molecule has 184 valence electrons. The van der Waals surface area contributed by atoms with Gasteiger partial charge in [-0.15, -0.1) is 0 Å². The highest BCUT2D eigenvalue weighted by Gasteiger charge is 2.37. The van der Waals surface area contributed by atoms with Gasteiger partial charge >= 0.3 is 6.09 Å². The van der Waals surface area contributed by atoms with Gasteiger partial charge in [-0.3, -0.25) is 9.80 Å². The highest BCUT2D eigenvalue weighted by molar-refractivity contribution is 6.00. The van der Waals surface area contributed by atoms with E-state index < -0.39 is 30.9 Å². The number of likely N-dealkylation sites (tertiary alicyclic amines) is 1. The number of nitrogens with one attached hydrogen (secondary N) is 1. The number of benzene rings is 1. The Bertz CT molecular complexity index is 1320. The molecule has 2 aromatic heterocycles. The first kappa shape index (κ1) is 23.0. The summed E-state index contributed by atoms with van der Waals surface area (Å²) in [6, 6.07) is 2.57. The lowest BCUT2D eigenvalue weighted by Crippen LogP contribution is -2.61.